The van der Waals surface area contributed by atoms with E-state index in [9.17, 15) is 13.6 Å². The van der Waals surface area contributed by atoms with Crippen LogP contribution in [0.2, 0.25) is 0 Å². The van der Waals surface area contributed by atoms with E-state index in [-0.39, 0.29) is 11.4 Å². The lowest BCUT2D eigenvalue weighted by atomic mass is 10.1. The maximum atomic E-state index is 12.5. The minimum atomic E-state index is -2.98. The summed E-state index contributed by atoms with van der Waals surface area (Å²) < 4.78 is 40.3. The van der Waals surface area contributed by atoms with Gasteiger partial charge in [0.25, 0.3) is 5.91 Å². The van der Waals surface area contributed by atoms with Gasteiger partial charge in [0.05, 0.1) is 19.4 Å². The van der Waals surface area contributed by atoms with Crippen molar-refractivity contribution in [3.63, 3.8) is 0 Å². The van der Waals surface area contributed by atoms with E-state index >= 15 is 0 Å². The van der Waals surface area contributed by atoms with Crippen molar-refractivity contribution in [3.8, 4) is 17.2 Å². The standard InChI is InChI=1S/C19H21F2NO4/c1-12(2)11-25-16-9-8-13(10-17(16)24-3)18(23)22-14-6-4-5-7-15(14)26-19(20)21/h4-10,12,19H,11H2,1-3H3,(H,22,23). The molecule has 0 aliphatic rings. The number of nitrogens with one attached hydrogen (secondary N) is 1. The third kappa shape index (κ3) is 5.34. The molecule has 0 spiro atoms. The minimum Gasteiger partial charge on any atom is -0.493 e. The molecular formula is C19H21F2NO4. The molecule has 0 saturated carbocycles. The van der Waals surface area contributed by atoms with Crippen molar-refractivity contribution < 1.29 is 27.8 Å². The van der Waals surface area contributed by atoms with E-state index in [1.165, 1.54) is 31.4 Å². The topological polar surface area (TPSA) is 56.8 Å². The maximum absolute atomic E-state index is 12.5. The number of carbonyl (C=O) groups excluding carboxylic acids is 1. The molecule has 0 unspecified atom stereocenters. The number of carbonyl (C=O) groups is 1. The molecule has 0 aromatic heterocycles. The van der Waals surface area contributed by atoms with E-state index < -0.39 is 12.5 Å². The Morgan fingerprint density at radius 1 is 1.08 bits per heavy atom. The SMILES string of the molecule is COc1cc(C(=O)Nc2ccccc2OC(F)F)ccc1OCC(C)C. The molecule has 5 nitrogen and oxygen atoms in total. The van der Waals surface area contributed by atoms with Crippen LogP contribution in [0.4, 0.5) is 14.5 Å². The van der Waals surface area contributed by atoms with E-state index in [2.05, 4.69) is 10.1 Å². The van der Waals surface area contributed by atoms with Crippen molar-refractivity contribution in [2.45, 2.75) is 20.5 Å². The number of hydrogen-bond donors (Lipinski definition) is 1. The van der Waals surface area contributed by atoms with E-state index in [1.807, 2.05) is 13.8 Å². The fraction of sp³-hybridized carbons (Fsp3) is 0.316. The molecule has 140 valence electrons. The highest BCUT2D eigenvalue weighted by Crippen LogP contribution is 2.30. The van der Waals surface area contributed by atoms with Crippen LogP contribution in [0.25, 0.3) is 0 Å². The van der Waals surface area contributed by atoms with Crippen molar-refractivity contribution in [2.75, 3.05) is 19.0 Å². The number of ether oxygens (including phenoxy) is 3. The number of rotatable bonds is 8. The maximum Gasteiger partial charge on any atom is 0.387 e. The fourth-order valence-electron chi connectivity index (χ4n) is 2.15. The summed E-state index contributed by atoms with van der Waals surface area (Å²) in [5, 5.41) is 2.56. The fourth-order valence-corrected chi connectivity index (χ4v) is 2.15. The van der Waals surface area contributed by atoms with Gasteiger partial charge in [-0.25, -0.2) is 0 Å². The van der Waals surface area contributed by atoms with Gasteiger partial charge in [0.1, 0.15) is 5.75 Å². The van der Waals surface area contributed by atoms with Gasteiger partial charge < -0.3 is 19.5 Å². The van der Waals surface area contributed by atoms with Crippen LogP contribution < -0.4 is 19.5 Å². The highest BCUT2D eigenvalue weighted by atomic mass is 19.3. The third-order valence-corrected chi connectivity index (χ3v) is 3.35. The van der Waals surface area contributed by atoms with Crippen molar-refractivity contribution >= 4 is 11.6 Å². The Balaban J connectivity index is 2.17. The third-order valence-electron chi connectivity index (χ3n) is 3.35. The Labute approximate surface area is 150 Å². The average Bonchev–Trinajstić information content (AvgIpc) is 2.60. The minimum absolute atomic E-state index is 0.111. The Morgan fingerprint density at radius 3 is 2.46 bits per heavy atom. The van der Waals surface area contributed by atoms with Gasteiger partial charge in [-0.3, -0.25) is 4.79 Å². The van der Waals surface area contributed by atoms with Crippen molar-refractivity contribution in [1.82, 2.24) is 0 Å². The lowest BCUT2D eigenvalue weighted by Crippen LogP contribution is -2.14. The second-order valence-electron chi connectivity index (χ2n) is 5.90. The lowest BCUT2D eigenvalue weighted by Gasteiger charge is -2.14. The first kappa shape index (κ1) is 19.5. The van der Waals surface area contributed by atoms with Gasteiger partial charge in [-0.05, 0) is 36.2 Å². The van der Waals surface area contributed by atoms with Gasteiger partial charge >= 0.3 is 6.61 Å². The Kier molecular flexibility index (Phi) is 6.77. The van der Waals surface area contributed by atoms with E-state index in [0.717, 1.165) is 0 Å². The summed E-state index contributed by atoms with van der Waals surface area (Å²) in [5.74, 6) is 0.687. The first-order chi connectivity index (χ1) is 12.4. The molecule has 0 bridgehead atoms. The first-order valence-electron chi connectivity index (χ1n) is 8.06. The van der Waals surface area contributed by atoms with E-state index in [4.69, 9.17) is 9.47 Å². The summed E-state index contributed by atoms with van der Waals surface area (Å²) in [6.07, 6.45) is 0. The zero-order valence-electron chi connectivity index (χ0n) is 14.8. The van der Waals surface area contributed by atoms with Crippen molar-refractivity contribution in [1.29, 1.82) is 0 Å². The molecule has 0 heterocycles. The lowest BCUT2D eigenvalue weighted by molar-refractivity contribution is -0.0493. The zero-order chi connectivity index (χ0) is 19.1. The van der Waals surface area contributed by atoms with Crippen molar-refractivity contribution in [2.24, 2.45) is 5.92 Å². The summed E-state index contributed by atoms with van der Waals surface area (Å²) in [6.45, 7) is 1.58. The summed E-state index contributed by atoms with van der Waals surface area (Å²) in [5.41, 5.74) is 0.447. The normalized spacial score (nSPS) is 10.7. The molecule has 0 saturated heterocycles. The molecule has 7 heteroatoms. The Morgan fingerprint density at radius 2 is 1.81 bits per heavy atom. The quantitative estimate of drug-likeness (QED) is 0.744. The van der Waals surface area contributed by atoms with Gasteiger partial charge in [-0.1, -0.05) is 26.0 Å². The second-order valence-corrected chi connectivity index (χ2v) is 5.90. The highest BCUT2D eigenvalue weighted by Gasteiger charge is 2.15. The summed E-state index contributed by atoms with van der Waals surface area (Å²) >= 11 is 0. The van der Waals surface area contributed by atoms with Gasteiger partial charge in [-0.2, -0.15) is 8.78 Å². The van der Waals surface area contributed by atoms with Crippen LogP contribution in [0.1, 0.15) is 24.2 Å². The Bertz CT molecular complexity index is 750. The number of para-hydroxylation sites is 2. The number of amides is 1. The monoisotopic (exact) mass is 365 g/mol. The molecule has 26 heavy (non-hydrogen) atoms. The van der Waals surface area contributed by atoms with Crippen LogP contribution >= 0.6 is 0 Å². The Hall–Kier alpha value is -2.83. The summed E-state index contributed by atoms with van der Waals surface area (Å²) in [6, 6.07) is 10.7. The number of hydrogen-bond acceptors (Lipinski definition) is 4. The van der Waals surface area contributed by atoms with Crippen LogP contribution in [0.15, 0.2) is 42.5 Å². The zero-order valence-corrected chi connectivity index (χ0v) is 14.8. The average molecular weight is 365 g/mol. The molecule has 0 radical (unpaired) electrons. The molecule has 0 aliphatic heterocycles. The predicted octanol–water partition coefficient (Wildman–Crippen LogP) is 4.58. The van der Waals surface area contributed by atoms with Gasteiger partial charge in [0.2, 0.25) is 0 Å². The predicted molar refractivity (Wildman–Crippen MR) is 94.4 cm³/mol. The summed E-state index contributed by atoms with van der Waals surface area (Å²) in [4.78, 5) is 12.4. The van der Waals surface area contributed by atoms with Crippen LogP contribution in [0.3, 0.4) is 0 Å². The number of halogens is 2. The van der Waals surface area contributed by atoms with Crippen LogP contribution in [-0.2, 0) is 0 Å². The number of alkyl halides is 2. The van der Waals surface area contributed by atoms with Crippen LogP contribution in [-0.4, -0.2) is 26.2 Å². The molecule has 2 aromatic rings. The van der Waals surface area contributed by atoms with E-state index in [0.29, 0.717) is 29.6 Å². The summed E-state index contributed by atoms with van der Waals surface area (Å²) in [7, 11) is 1.48. The molecule has 0 fully saturated rings. The second kappa shape index (κ2) is 9.03. The smallest absolute Gasteiger partial charge is 0.387 e. The van der Waals surface area contributed by atoms with E-state index in [1.54, 1.807) is 18.2 Å². The number of benzene rings is 2. The molecule has 1 amide bonds. The largest absolute Gasteiger partial charge is 0.493 e. The number of anilines is 1. The van der Waals surface area contributed by atoms with Crippen molar-refractivity contribution in [3.05, 3.63) is 48.0 Å². The molecule has 1 N–H and O–H groups in total. The van der Waals surface area contributed by atoms with Crippen LogP contribution in [0, 0.1) is 5.92 Å². The molecule has 2 rings (SSSR count). The van der Waals surface area contributed by atoms with Gasteiger partial charge in [-0.15, -0.1) is 0 Å². The van der Waals surface area contributed by atoms with Gasteiger partial charge in [0.15, 0.2) is 11.5 Å². The van der Waals surface area contributed by atoms with Gasteiger partial charge in [0, 0.05) is 5.56 Å². The first-order valence-corrected chi connectivity index (χ1v) is 8.06. The highest BCUT2D eigenvalue weighted by molar-refractivity contribution is 6.05. The van der Waals surface area contributed by atoms with Crippen LogP contribution in [0.5, 0.6) is 17.2 Å². The molecular weight excluding hydrogens is 344 g/mol. The molecule has 2 aromatic carbocycles. The number of methoxy groups -OCH3 is 1. The molecule has 0 aliphatic carbocycles. The molecule has 0 atom stereocenters.